The summed E-state index contributed by atoms with van der Waals surface area (Å²) in [5, 5.41) is 2.76. The zero-order chi connectivity index (χ0) is 25.0. The smallest absolute Gasteiger partial charge is 0.265 e. The quantitative estimate of drug-likeness (QED) is 0.608. The minimum atomic E-state index is -2.81. The van der Waals surface area contributed by atoms with Crippen molar-refractivity contribution in [2.75, 3.05) is 49.6 Å². The summed E-state index contributed by atoms with van der Waals surface area (Å²) in [5.41, 5.74) is 5.94. The van der Waals surface area contributed by atoms with Gasteiger partial charge < -0.3 is 20.7 Å². The number of nitrogens with two attached hydrogens (primary N) is 1. The van der Waals surface area contributed by atoms with Gasteiger partial charge in [-0.15, -0.1) is 0 Å². The molecule has 0 aliphatic carbocycles. The highest BCUT2D eigenvalue weighted by Gasteiger charge is 2.32. The average Bonchev–Trinajstić information content (AvgIpc) is 2.66. The molecular formula is C24H38F2N4O3. The fraction of sp³-hybridized carbons (Fsp3) is 0.667. The number of anilines is 2. The third kappa shape index (κ3) is 8.01. The maximum Gasteiger partial charge on any atom is 0.265 e. The predicted octanol–water partition coefficient (Wildman–Crippen LogP) is 3.65. The highest BCUT2D eigenvalue weighted by Crippen LogP contribution is 2.33. The monoisotopic (exact) mass is 468 g/mol. The summed E-state index contributed by atoms with van der Waals surface area (Å²) in [6, 6.07) is 3.60. The van der Waals surface area contributed by atoms with Crippen molar-refractivity contribution in [1.82, 2.24) is 4.90 Å². The summed E-state index contributed by atoms with van der Waals surface area (Å²) in [5.74, 6) is -0.718. The zero-order valence-corrected chi connectivity index (χ0v) is 20.6. The van der Waals surface area contributed by atoms with E-state index < -0.39 is 12.5 Å². The molecule has 1 aromatic rings. The zero-order valence-electron chi connectivity index (χ0n) is 20.6. The number of hydrogen-bond donors (Lipinski definition) is 2. The van der Waals surface area contributed by atoms with Gasteiger partial charge in [0, 0.05) is 37.4 Å². The fourth-order valence-electron chi connectivity index (χ4n) is 3.97. The average molecular weight is 469 g/mol. The molecule has 1 saturated heterocycles. The van der Waals surface area contributed by atoms with E-state index in [0.717, 1.165) is 0 Å². The Hall–Kier alpha value is -2.10. The van der Waals surface area contributed by atoms with Crippen LogP contribution in [0.2, 0.25) is 0 Å². The van der Waals surface area contributed by atoms with Crippen LogP contribution in [-0.2, 0) is 14.3 Å². The maximum absolute atomic E-state index is 13.8. The molecule has 0 bridgehead atoms. The molecule has 9 heteroatoms. The molecule has 1 aromatic carbocycles. The normalized spacial score (nSPS) is 16.5. The van der Waals surface area contributed by atoms with Crippen molar-refractivity contribution >= 4 is 23.2 Å². The molecule has 0 saturated carbocycles. The molecule has 33 heavy (non-hydrogen) atoms. The van der Waals surface area contributed by atoms with E-state index in [1.165, 1.54) is 23.1 Å². The number of amides is 2. The van der Waals surface area contributed by atoms with Gasteiger partial charge in [-0.05, 0) is 29.0 Å². The molecule has 1 aliphatic rings. The lowest BCUT2D eigenvalue weighted by Crippen LogP contribution is -2.53. The van der Waals surface area contributed by atoms with Gasteiger partial charge in [-0.3, -0.25) is 14.5 Å². The number of alkyl halides is 2. The Morgan fingerprint density at radius 2 is 1.79 bits per heavy atom. The second kappa shape index (κ2) is 10.9. The Kier molecular flexibility index (Phi) is 8.95. The van der Waals surface area contributed by atoms with Crippen molar-refractivity contribution in [2.45, 2.75) is 54.0 Å². The van der Waals surface area contributed by atoms with Crippen molar-refractivity contribution in [3.05, 3.63) is 23.8 Å². The molecule has 1 aliphatic heterocycles. The van der Waals surface area contributed by atoms with Crippen LogP contribution in [0, 0.1) is 10.8 Å². The minimum Gasteiger partial charge on any atom is -0.370 e. The number of ether oxygens (including phenoxy) is 1. The van der Waals surface area contributed by atoms with E-state index in [1.54, 1.807) is 0 Å². The summed E-state index contributed by atoms with van der Waals surface area (Å²) in [4.78, 5) is 28.7. The van der Waals surface area contributed by atoms with Crippen LogP contribution in [0.5, 0.6) is 0 Å². The first-order valence-electron chi connectivity index (χ1n) is 11.3. The number of hydrogen-bond acceptors (Lipinski definition) is 5. The van der Waals surface area contributed by atoms with Crippen LogP contribution in [0.3, 0.4) is 0 Å². The van der Waals surface area contributed by atoms with E-state index in [4.69, 9.17) is 10.5 Å². The number of halogens is 2. The highest BCUT2D eigenvalue weighted by atomic mass is 19.3. The van der Waals surface area contributed by atoms with Crippen molar-refractivity contribution in [1.29, 1.82) is 0 Å². The summed E-state index contributed by atoms with van der Waals surface area (Å²) >= 11 is 0. The summed E-state index contributed by atoms with van der Waals surface area (Å²) in [6.45, 7) is 14.3. The second-order valence-corrected chi connectivity index (χ2v) is 10.9. The SMILES string of the molecule is CC(C)(C)CN(CC(C)(C)C)[C@@H](CN)C(=O)Nc1ccc(N2CCOCC2=O)c(C(F)F)c1. The van der Waals surface area contributed by atoms with E-state index >= 15 is 0 Å². The number of nitrogens with zero attached hydrogens (tertiary/aromatic N) is 2. The Bertz CT molecular complexity index is 818. The molecule has 0 radical (unpaired) electrons. The number of carbonyl (C=O) groups excluding carboxylic acids is 2. The molecule has 1 fully saturated rings. The third-order valence-electron chi connectivity index (χ3n) is 5.13. The standard InChI is InChI=1S/C24H38F2N4O3/c1-23(2,3)14-29(15-24(4,5)6)19(12-27)22(32)28-16-7-8-18(17(11-16)21(25)26)30-9-10-33-13-20(30)31/h7-8,11,19,21H,9-10,12-15,27H2,1-6H3,(H,28,32)/t19-/m0/s1. The van der Waals surface area contributed by atoms with Gasteiger partial charge in [0.1, 0.15) is 12.6 Å². The van der Waals surface area contributed by atoms with Gasteiger partial charge in [-0.2, -0.15) is 0 Å². The van der Waals surface area contributed by atoms with Crippen LogP contribution in [0.4, 0.5) is 20.2 Å². The van der Waals surface area contributed by atoms with Crippen LogP contribution in [0.25, 0.3) is 0 Å². The highest BCUT2D eigenvalue weighted by molar-refractivity contribution is 5.97. The Morgan fingerprint density at radius 1 is 1.18 bits per heavy atom. The largest absolute Gasteiger partial charge is 0.370 e. The predicted molar refractivity (Wildman–Crippen MR) is 127 cm³/mol. The van der Waals surface area contributed by atoms with E-state index in [-0.39, 0.29) is 65.9 Å². The molecule has 0 spiro atoms. The lowest BCUT2D eigenvalue weighted by Gasteiger charge is -2.38. The van der Waals surface area contributed by atoms with Gasteiger partial charge in [0.25, 0.3) is 12.3 Å². The molecular weight excluding hydrogens is 430 g/mol. The number of benzene rings is 1. The minimum absolute atomic E-state index is 0.0614. The molecule has 2 rings (SSSR count). The maximum atomic E-state index is 13.8. The fourth-order valence-corrected chi connectivity index (χ4v) is 3.97. The van der Waals surface area contributed by atoms with Crippen molar-refractivity contribution in [3.8, 4) is 0 Å². The summed E-state index contributed by atoms with van der Waals surface area (Å²) in [6.07, 6.45) is -2.81. The number of morpholine rings is 1. The van der Waals surface area contributed by atoms with E-state index in [0.29, 0.717) is 13.1 Å². The Labute approximate surface area is 195 Å². The van der Waals surface area contributed by atoms with Crippen LogP contribution < -0.4 is 16.0 Å². The van der Waals surface area contributed by atoms with Gasteiger partial charge in [-0.1, -0.05) is 41.5 Å². The van der Waals surface area contributed by atoms with Gasteiger partial charge >= 0.3 is 0 Å². The molecule has 1 heterocycles. The number of nitrogens with one attached hydrogen (secondary N) is 1. The van der Waals surface area contributed by atoms with E-state index in [9.17, 15) is 18.4 Å². The van der Waals surface area contributed by atoms with Gasteiger partial charge in [-0.25, -0.2) is 8.78 Å². The lowest BCUT2D eigenvalue weighted by molar-refractivity contribution is -0.125. The molecule has 0 unspecified atom stereocenters. The number of carbonyl (C=O) groups is 2. The first-order chi connectivity index (χ1) is 15.2. The first-order valence-corrected chi connectivity index (χ1v) is 11.3. The Balaban J connectivity index is 2.28. The summed E-state index contributed by atoms with van der Waals surface area (Å²) < 4.78 is 32.8. The second-order valence-electron chi connectivity index (χ2n) is 10.9. The van der Waals surface area contributed by atoms with Crippen LogP contribution in [0.1, 0.15) is 53.5 Å². The van der Waals surface area contributed by atoms with Crippen molar-refractivity contribution in [2.24, 2.45) is 16.6 Å². The first kappa shape index (κ1) is 27.1. The molecule has 1 atom stereocenters. The molecule has 3 N–H and O–H groups in total. The van der Waals surface area contributed by atoms with Gasteiger partial charge in [0.05, 0.1) is 12.3 Å². The van der Waals surface area contributed by atoms with Crippen LogP contribution in [0.15, 0.2) is 18.2 Å². The van der Waals surface area contributed by atoms with Gasteiger partial charge in [0.15, 0.2) is 0 Å². The number of rotatable bonds is 8. The lowest BCUT2D eigenvalue weighted by atomic mass is 9.91. The molecule has 7 nitrogen and oxygen atoms in total. The van der Waals surface area contributed by atoms with Crippen molar-refractivity contribution < 1.29 is 23.1 Å². The van der Waals surface area contributed by atoms with E-state index in [1.807, 2.05) is 0 Å². The van der Waals surface area contributed by atoms with Gasteiger partial charge in [0.2, 0.25) is 5.91 Å². The molecule has 2 amide bonds. The molecule has 186 valence electrons. The third-order valence-corrected chi connectivity index (χ3v) is 5.13. The van der Waals surface area contributed by atoms with Crippen LogP contribution >= 0.6 is 0 Å². The van der Waals surface area contributed by atoms with E-state index in [2.05, 4.69) is 51.8 Å². The summed E-state index contributed by atoms with van der Waals surface area (Å²) in [7, 11) is 0. The Morgan fingerprint density at radius 3 is 2.27 bits per heavy atom. The van der Waals surface area contributed by atoms with Crippen LogP contribution in [-0.4, -0.2) is 62.1 Å². The van der Waals surface area contributed by atoms with Crippen molar-refractivity contribution in [3.63, 3.8) is 0 Å². The topological polar surface area (TPSA) is 87.9 Å². The molecule has 0 aromatic heterocycles.